The molecule has 0 amide bonds. The van der Waals surface area contributed by atoms with Crippen LogP contribution in [-0.4, -0.2) is 12.1 Å². The molecule has 1 aromatic rings. The lowest BCUT2D eigenvalue weighted by Gasteiger charge is -2.12. The minimum absolute atomic E-state index is 0.159. The van der Waals surface area contributed by atoms with Gasteiger partial charge in [0.15, 0.2) is 0 Å². The molecule has 2 atom stereocenters. The second-order valence-corrected chi connectivity index (χ2v) is 3.77. The van der Waals surface area contributed by atoms with Crippen molar-refractivity contribution < 1.29 is 9.13 Å². The van der Waals surface area contributed by atoms with E-state index in [4.69, 9.17) is 10.5 Å². The van der Waals surface area contributed by atoms with Crippen LogP contribution in [0.5, 0.6) is 5.75 Å². The van der Waals surface area contributed by atoms with Gasteiger partial charge in [-0.15, -0.1) is 0 Å². The zero-order valence-electron chi connectivity index (χ0n) is 7.95. The predicted octanol–water partition coefficient (Wildman–Crippen LogP) is 2.08. The standard InChI is InChI=1S/C11H14FNO/c12-8-2-1-3-10(6-8)14-11-5-4-9(13)7-11/h1-3,6,9,11H,4-5,7,13H2/t9-,11-/m0/s1. The summed E-state index contributed by atoms with van der Waals surface area (Å²) in [6, 6.07) is 6.48. The highest BCUT2D eigenvalue weighted by Crippen LogP contribution is 2.23. The fourth-order valence-electron chi connectivity index (χ4n) is 1.81. The molecule has 0 unspecified atom stereocenters. The quantitative estimate of drug-likeness (QED) is 0.784. The number of hydrogen-bond acceptors (Lipinski definition) is 2. The number of rotatable bonds is 2. The molecule has 1 aromatic carbocycles. The van der Waals surface area contributed by atoms with Crippen molar-refractivity contribution in [3.8, 4) is 5.75 Å². The summed E-state index contributed by atoms with van der Waals surface area (Å²) in [5, 5.41) is 0. The molecule has 1 fully saturated rings. The van der Waals surface area contributed by atoms with Gasteiger partial charge in [-0.25, -0.2) is 4.39 Å². The normalized spacial score (nSPS) is 26.4. The first-order chi connectivity index (χ1) is 6.74. The van der Waals surface area contributed by atoms with E-state index in [9.17, 15) is 4.39 Å². The van der Waals surface area contributed by atoms with Crippen molar-refractivity contribution in [2.75, 3.05) is 0 Å². The van der Waals surface area contributed by atoms with Crippen molar-refractivity contribution in [3.05, 3.63) is 30.1 Å². The van der Waals surface area contributed by atoms with Crippen molar-refractivity contribution >= 4 is 0 Å². The minimum Gasteiger partial charge on any atom is -0.490 e. The maximum atomic E-state index is 12.8. The Bertz CT molecular complexity index is 316. The monoisotopic (exact) mass is 195 g/mol. The largest absolute Gasteiger partial charge is 0.490 e. The first kappa shape index (κ1) is 9.46. The van der Waals surface area contributed by atoms with Crippen LogP contribution in [0.1, 0.15) is 19.3 Å². The third-order valence-electron chi connectivity index (χ3n) is 2.52. The van der Waals surface area contributed by atoms with Gasteiger partial charge in [-0.05, 0) is 31.4 Å². The molecule has 2 nitrogen and oxygen atoms in total. The van der Waals surface area contributed by atoms with E-state index in [-0.39, 0.29) is 18.0 Å². The lowest BCUT2D eigenvalue weighted by Crippen LogP contribution is -2.19. The second kappa shape index (κ2) is 3.96. The van der Waals surface area contributed by atoms with Gasteiger partial charge in [0.1, 0.15) is 17.7 Å². The molecule has 0 heterocycles. The second-order valence-electron chi connectivity index (χ2n) is 3.77. The fourth-order valence-corrected chi connectivity index (χ4v) is 1.81. The number of halogens is 1. The average Bonchev–Trinajstić information content (AvgIpc) is 2.51. The van der Waals surface area contributed by atoms with Gasteiger partial charge in [0.2, 0.25) is 0 Å². The van der Waals surface area contributed by atoms with E-state index in [0.29, 0.717) is 5.75 Å². The Morgan fingerprint density at radius 2 is 2.21 bits per heavy atom. The summed E-state index contributed by atoms with van der Waals surface area (Å²) in [6.45, 7) is 0. The molecule has 0 radical (unpaired) electrons. The van der Waals surface area contributed by atoms with E-state index < -0.39 is 0 Å². The highest BCUT2D eigenvalue weighted by Gasteiger charge is 2.23. The highest BCUT2D eigenvalue weighted by atomic mass is 19.1. The fraction of sp³-hybridized carbons (Fsp3) is 0.455. The van der Waals surface area contributed by atoms with Gasteiger partial charge in [-0.2, -0.15) is 0 Å². The SMILES string of the molecule is N[C@H]1CC[C@H](Oc2cccc(F)c2)C1. The molecule has 14 heavy (non-hydrogen) atoms. The highest BCUT2D eigenvalue weighted by molar-refractivity contribution is 5.22. The van der Waals surface area contributed by atoms with Gasteiger partial charge in [-0.3, -0.25) is 0 Å². The topological polar surface area (TPSA) is 35.2 Å². The molecule has 1 aliphatic carbocycles. The maximum Gasteiger partial charge on any atom is 0.126 e. The van der Waals surface area contributed by atoms with E-state index in [1.165, 1.54) is 12.1 Å². The molecular weight excluding hydrogens is 181 g/mol. The lowest BCUT2D eigenvalue weighted by atomic mass is 10.2. The molecule has 3 heteroatoms. The Hall–Kier alpha value is -1.09. The van der Waals surface area contributed by atoms with Crippen molar-refractivity contribution in [2.45, 2.75) is 31.4 Å². The predicted molar refractivity (Wildman–Crippen MR) is 52.6 cm³/mol. The van der Waals surface area contributed by atoms with Gasteiger partial charge in [-0.1, -0.05) is 6.07 Å². The Kier molecular flexibility index (Phi) is 2.68. The van der Waals surface area contributed by atoms with Gasteiger partial charge in [0.25, 0.3) is 0 Å². The maximum absolute atomic E-state index is 12.8. The van der Waals surface area contributed by atoms with Crippen LogP contribution in [-0.2, 0) is 0 Å². The molecule has 0 aromatic heterocycles. The molecular formula is C11H14FNO. The third-order valence-corrected chi connectivity index (χ3v) is 2.52. The third kappa shape index (κ3) is 2.23. The number of ether oxygens (including phenoxy) is 1. The molecule has 2 rings (SSSR count). The summed E-state index contributed by atoms with van der Waals surface area (Å²) in [4.78, 5) is 0. The summed E-state index contributed by atoms with van der Waals surface area (Å²) >= 11 is 0. The minimum atomic E-state index is -0.259. The molecule has 0 bridgehead atoms. The number of benzene rings is 1. The molecule has 2 N–H and O–H groups in total. The molecule has 0 spiro atoms. The van der Waals surface area contributed by atoms with Gasteiger partial charge in [0, 0.05) is 12.1 Å². The van der Waals surface area contributed by atoms with E-state index in [2.05, 4.69) is 0 Å². The average molecular weight is 195 g/mol. The molecule has 0 saturated heterocycles. The Labute approximate surface area is 82.9 Å². The van der Waals surface area contributed by atoms with Crippen molar-refractivity contribution in [3.63, 3.8) is 0 Å². The van der Waals surface area contributed by atoms with E-state index in [1.807, 2.05) is 0 Å². The van der Waals surface area contributed by atoms with Gasteiger partial charge in [0.05, 0.1) is 0 Å². The lowest BCUT2D eigenvalue weighted by molar-refractivity contribution is 0.207. The van der Waals surface area contributed by atoms with E-state index >= 15 is 0 Å². The van der Waals surface area contributed by atoms with Crippen molar-refractivity contribution in [1.29, 1.82) is 0 Å². The first-order valence-electron chi connectivity index (χ1n) is 4.92. The molecule has 0 aliphatic heterocycles. The Morgan fingerprint density at radius 1 is 1.36 bits per heavy atom. The zero-order chi connectivity index (χ0) is 9.97. The zero-order valence-corrected chi connectivity index (χ0v) is 7.95. The van der Waals surface area contributed by atoms with Gasteiger partial charge >= 0.3 is 0 Å². The van der Waals surface area contributed by atoms with Crippen molar-refractivity contribution in [2.24, 2.45) is 5.73 Å². The Morgan fingerprint density at radius 3 is 2.86 bits per heavy atom. The van der Waals surface area contributed by atoms with Crippen LogP contribution < -0.4 is 10.5 Å². The van der Waals surface area contributed by atoms with Crippen LogP contribution in [0.4, 0.5) is 4.39 Å². The summed E-state index contributed by atoms with van der Waals surface area (Å²) in [5.41, 5.74) is 5.75. The number of hydrogen-bond donors (Lipinski definition) is 1. The molecule has 76 valence electrons. The molecule has 1 saturated carbocycles. The van der Waals surface area contributed by atoms with Gasteiger partial charge < -0.3 is 10.5 Å². The van der Waals surface area contributed by atoms with Crippen molar-refractivity contribution in [1.82, 2.24) is 0 Å². The summed E-state index contributed by atoms with van der Waals surface area (Å²) in [7, 11) is 0. The smallest absolute Gasteiger partial charge is 0.126 e. The van der Waals surface area contributed by atoms with Crippen LogP contribution >= 0.6 is 0 Å². The summed E-state index contributed by atoms with van der Waals surface area (Å²) in [6.07, 6.45) is 3.00. The van der Waals surface area contributed by atoms with Crippen LogP contribution in [0.3, 0.4) is 0 Å². The van der Waals surface area contributed by atoms with E-state index in [0.717, 1.165) is 19.3 Å². The Balaban J connectivity index is 1.97. The number of nitrogens with two attached hydrogens (primary N) is 1. The van der Waals surface area contributed by atoms with E-state index in [1.54, 1.807) is 12.1 Å². The first-order valence-corrected chi connectivity index (χ1v) is 4.92. The van der Waals surface area contributed by atoms with Crippen LogP contribution in [0.15, 0.2) is 24.3 Å². The van der Waals surface area contributed by atoms with Crippen LogP contribution in [0, 0.1) is 5.82 Å². The summed E-state index contributed by atoms with van der Waals surface area (Å²) < 4.78 is 18.4. The summed E-state index contributed by atoms with van der Waals surface area (Å²) in [5.74, 6) is 0.342. The molecule has 1 aliphatic rings. The van der Waals surface area contributed by atoms with Crippen LogP contribution in [0.2, 0.25) is 0 Å². The van der Waals surface area contributed by atoms with Crippen LogP contribution in [0.25, 0.3) is 0 Å².